The minimum absolute atomic E-state index is 0.864. The second-order valence-corrected chi connectivity index (χ2v) is 6.76. The summed E-state index contributed by atoms with van der Waals surface area (Å²) >= 11 is 1.82. The van der Waals surface area contributed by atoms with Gasteiger partial charge in [-0.1, -0.05) is 54.0 Å². The minimum Gasteiger partial charge on any atom is -0.135 e. The number of fused-ring (bicyclic) bond motifs is 6. The van der Waals surface area contributed by atoms with Crippen molar-refractivity contribution < 1.29 is 0 Å². The smallest absolute Gasteiger partial charge is 0.114 e. The topological polar surface area (TPSA) is 0 Å². The Labute approximate surface area is 133 Å². The zero-order valence-electron chi connectivity index (χ0n) is 11.8. The van der Waals surface area contributed by atoms with E-state index in [0.717, 1.165) is 5.46 Å². The Kier molecular flexibility index (Phi) is 2.42. The molecule has 0 aliphatic carbocycles. The van der Waals surface area contributed by atoms with Crippen LogP contribution in [0.5, 0.6) is 0 Å². The normalized spacial score (nSPS) is 11.8. The average Bonchev–Trinajstić information content (AvgIpc) is 2.91. The standard InChI is InChI=1S/C20H11BS/c21-17-6-3-7-18-20(17)16-11-15-13(10-19(16)22-18)9-8-12-4-1-2-5-14(12)15/h1-11H. The molecule has 0 N–H and O–H groups in total. The van der Waals surface area contributed by atoms with Crippen molar-refractivity contribution in [1.82, 2.24) is 0 Å². The van der Waals surface area contributed by atoms with Gasteiger partial charge in [0.2, 0.25) is 0 Å². The highest BCUT2D eigenvalue weighted by Crippen LogP contribution is 2.37. The molecule has 0 aliphatic rings. The summed E-state index contributed by atoms with van der Waals surface area (Å²) in [5, 5.41) is 7.63. The van der Waals surface area contributed by atoms with Crippen molar-refractivity contribution in [3.8, 4) is 0 Å². The highest BCUT2D eigenvalue weighted by molar-refractivity contribution is 7.26. The van der Waals surface area contributed by atoms with Crippen LogP contribution in [0.25, 0.3) is 41.7 Å². The molecule has 2 heteroatoms. The fourth-order valence-corrected chi connectivity index (χ4v) is 4.52. The van der Waals surface area contributed by atoms with Gasteiger partial charge in [0.1, 0.15) is 7.85 Å². The van der Waals surface area contributed by atoms with Gasteiger partial charge in [-0.3, -0.25) is 0 Å². The van der Waals surface area contributed by atoms with E-state index in [0.29, 0.717) is 0 Å². The predicted molar refractivity (Wildman–Crippen MR) is 99.7 cm³/mol. The molecule has 100 valence electrons. The summed E-state index contributed by atoms with van der Waals surface area (Å²) in [6, 6.07) is 23.7. The molecule has 0 spiro atoms. The highest BCUT2D eigenvalue weighted by Gasteiger charge is 2.09. The molecule has 0 aliphatic heterocycles. The molecular weight excluding hydrogens is 283 g/mol. The lowest BCUT2D eigenvalue weighted by atomic mass is 9.90. The number of benzene rings is 4. The Balaban J connectivity index is 2.06. The maximum atomic E-state index is 6.23. The Hall–Kier alpha value is -2.32. The van der Waals surface area contributed by atoms with E-state index in [-0.39, 0.29) is 0 Å². The summed E-state index contributed by atoms with van der Waals surface area (Å²) in [4.78, 5) is 0. The summed E-state index contributed by atoms with van der Waals surface area (Å²) in [7, 11) is 6.23. The van der Waals surface area contributed by atoms with E-state index in [1.54, 1.807) is 0 Å². The molecule has 0 unspecified atom stereocenters. The molecule has 0 saturated carbocycles. The summed E-state index contributed by atoms with van der Waals surface area (Å²) in [6.45, 7) is 0. The fraction of sp³-hybridized carbons (Fsp3) is 0. The Morgan fingerprint density at radius 3 is 2.45 bits per heavy atom. The lowest BCUT2D eigenvalue weighted by molar-refractivity contribution is 1.80. The van der Waals surface area contributed by atoms with E-state index < -0.39 is 0 Å². The number of rotatable bonds is 0. The molecule has 5 aromatic rings. The lowest BCUT2D eigenvalue weighted by Crippen LogP contribution is -2.00. The third kappa shape index (κ3) is 1.59. The zero-order valence-corrected chi connectivity index (χ0v) is 12.7. The molecule has 5 rings (SSSR count). The Morgan fingerprint density at radius 2 is 1.50 bits per heavy atom. The van der Waals surface area contributed by atoms with Crippen LogP contribution in [0.1, 0.15) is 0 Å². The Morgan fingerprint density at radius 1 is 0.636 bits per heavy atom. The number of thiophene rings is 1. The average molecular weight is 294 g/mol. The largest absolute Gasteiger partial charge is 0.135 e. The van der Waals surface area contributed by atoms with Crippen LogP contribution < -0.4 is 5.46 Å². The highest BCUT2D eigenvalue weighted by atomic mass is 32.1. The maximum Gasteiger partial charge on any atom is 0.114 e. The quantitative estimate of drug-likeness (QED) is 0.273. The van der Waals surface area contributed by atoms with Gasteiger partial charge in [-0.05, 0) is 45.1 Å². The molecule has 0 amide bonds. The summed E-state index contributed by atoms with van der Waals surface area (Å²) in [5.74, 6) is 0. The molecule has 0 fully saturated rings. The minimum atomic E-state index is 0.864. The van der Waals surface area contributed by atoms with E-state index in [1.807, 2.05) is 23.5 Å². The van der Waals surface area contributed by atoms with Gasteiger partial charge in [-0.25, -0.2) is 0 Å². The second-order valence-electron chi connectivity index (χ2n) is 5.68. The number of hydrogen-bond donors (Lipinski definition) is 0. The molecular formula is C20H11BS. The van der Waals surface area contributed by atoms with Crippen molar-refractivity contribution in [2.75, 3.05) is 0 Å². The first kappa shape index (κ1) is 12.3. The van der Waals surface area contributed by atoms with Crippen molar-refractivity contribution in [2.24, 2.45) is 0 Å². The summed E-state index contributed by atoms with van der Waals surface area (Å²) in [6.07, 6.45) is 0. The van der Waals surface area contributed by atoms with Crippen molar-refractivity contribution in [2.45, 2.75) is 0 Å². The first-order chi connectivity index (χ1) is 10.8. The zero-order chi connectivity index (χ0) is 14.7. The van der Waals surface area contributed by atoms with Crippen LogP contribution >= 0.6 is 11.3 Å². The first-order valence-electron chi connectivity index (χ1n) is 7.33. The van der Waals surface area contributed by atoms with Gasteiger partial charge in [0.15, 0.2) is 0 Å². The summed E-state index contributed by atoms with van der Waals surface area (Å²) in [5.41, 5.74) is 0.864. The van der Waals surface area contributed by atoms with E-state index in [1.165, 1.54) is 41.7 Å². The maximum absolute atomic E-state index is 6.23. The molecule has 0 atom stereocenters. The van der Waals surface area contributed by atoms with Gasteiger partial charge < -0.3 is 0 Å². The molecule has 0 bridgehead atoms. The van der Waals surface area contributed by atoms with Crippen molar-refractivity contribution in [3.63, 3.8) is 0 Å². The van der Waals surface area contributed by atoms with E-state index in [4.69, 9.17) is 7.85 Å². The SMILES string of the molecule is [B]c1cccc2sc3cc4ccc5ccccc5c4cc3c12. The van der Waals surface area contributed by atoms with E-state index >= 15 is 0 Å². The van der Waals surface area contributed by atoms with Crippen LogP contribution in [0.2, 0.25) is 0 Å². The first-order valence-corrected chi connectivity index (χ1v) is 8.15. The molecule has 0 nitrogen and oxygen atoms in total. The van der Waals surface area contributed by atoms with Gasteiger partial charge in [0, 0.05) is 14.8 Å². The van der Waals surface area contributed by atoms with E-state index in [2.05, 4.69) is 54.6 Å². The van der Waals surface area contributed by atoms with Crippen LogP contribution in [0, 0.1) is 0 Å². The number of hydrogen-bond acceptors (Lipinski definition) is 1. The third-order valence-electron chi connectivity index (χ3n) is 4.39. The summed E-state index contributed by atoms with van der Waals surface area (Å²) < 4.78 is 2.56. The van der Waals surface area contributed by atoms with Crippen molar-refractivity contribution in [1.29, 1.82) is 0 Å². The second kappa shape index (κ2) is 4.34. The van der Waals surface area contributed by atoms with E-state index in [9.17, 15) is 0 Å². The van der Waals surface area contributed by atoms with Crippen molar-refractivity contribution in [3.05, 3.63) is 66.7 Å². The molecule has 4 aromatic carbocycles. The molecule has 2 radical (unpaired) electrons. The van der Waals surface area contributed by atoms with Crippen LogP contribution in [0.4, 0.5) is 0 Å². The lowest BCUT2D eigenvalue weighted by Gasteiger charge is -2.05. The van der Waals surface area contributed by atoms with Crippen LogP contribution in [-0.2, 0) is 0 Å². The third-order valence-corrected chi connectivity index (χ3v) is 5.51. The van der Waals surface area contributed by atoms with Crippen LogP contribution in [0.15, 0.2) is 66.7 Å². The van der Waals surface area contributed by atoms with Gasteiger partial charge >= 0.3 is 0 Å². The fourth-order valence-electron chi connectivity index (χ4n) is 3.35. The molecule has 1 heterocycles. The molecule has 0 saturated heterocycles. The van der Waals surface area contributed by atoms with Gasteiger partial charge in [0.05, 0.1) is 0 Å². The van der Waals surface area contributed by atoms with Crippen LogP contribution in [-0.4, -0.2) is 7.85 Å². The molecule has 1 aromatic heterocycles. The monoisotopic (exact) mass is 294 g/mol. The van der Waals surface area contributed by atoms with Gasteiger partial charge in [0.25, 0.3) is 0 Å². The van der Waals surface area contributed by atoms with Crippen LogP contribution in [0.3, 0.4) is 0 Å². The van der Waals surface area contributed by atoms with Gasteiger partial charge in [-0.2, -0.15) is 0 Å². The predicted octanol–water partition coefficient (Wildman–Crippen LogP) is 5.15. The molecule has 22 heavy (non-hydrogen) atoms. The van der Waals surface area contributed by atoms with Crippen molar-refractivity contribution >= 4 is 66.4 Å². The Bertz CT molecular complexity index is 1180. The van der Waals surface area contributed by atoms with Gasteiger partial charge in [-0.15, -0.1) is 11.3 Å².